The van der Waals surface area contributed by atoms with Gasteiger partial charge in [0.05, 0.1) is 12.5 Å². The van der Waals surface area contributed by atoms with E-state index in [0.717, 1.165) is 19.4 Å². The Morgan fingerprint density at radius 1 is 1.20 bits per heavy atom. The van der Waals surface area contributed by atoms with E-state index in [9.17, 15) is 9.59 Å². The Bertz CT molecular complexity index is 371. The van der Waals surface area contributed by atoms with E-state index in [4.69, 9.17) is 9.47 Å². The predicted octanol–water partition coefficient (Wildman–Crippen LogP) is 1.99. The Hall–Kier alpha value is -1.10. The minimum atomic E-state index is -0.626. The lowest BCUT2D eigenvalue weighted by Crippen LogP contribution is -2.46. The van der Waals surface area contributed by atoms with Crippen molar-refractivity contribution in [3.05, 3.63) is 0 Å². The van der Waals surface area contributed by atoms with E-state index in [0.29, 0.717) is 6.54 Å². The van der Waals surface area contributed by atoms with Gasteiger partial charge in [0.25, 0.3) is 0 Å². The van der Waals surface area contributed by atoms with Crippen LogP contribution in [0, 0.1) is 5.41 Å². The zero-order chi connectivity index (χ0) is 15.6. The normalized spacial score (nSPS) is 20.8. The maximum absolute atomic E-state index is 12.2. The summed E-state index contributed by atoms with van der Waals surface area (Å²) in [4.78, 5) is 26.0. The first-order valence-corrected chi connectivity index (χ1v) is 7.12. The van der Waals surface area contributed by atoms with Crippen molar-refractivity contribution in [3.63, 3.8) is 0 Å². The monoisotopic (exact) mass is 285 g/mol. The fourth-order valence-corrected chi connectivity index (χ4v) is 2.50. The number of esters is 2. The van der Waals surface area contributed by atoms with Gasteiger partial charge in [-0.25, -0.2) is 0 Å². The van der Waals surface area contributed by atoms with Gasteiger partial charge in [-0.1, -0.05) is 0 Å². The largest absolute Gasteiger partial charge is 0.469 e. The SMILES string of the molecule is COC(=O)C(C)(C)CN1CCC[C@@H]1C(=O)OC(C)(C)C. The van der Waals surface area contributed by atoms with Gasteiger partial charge in [0, 0.05) is 6.54 Å². The fourth-order valence-electron chi connectivity index (χ4n) is 2.50. The van der Waals surface area contributed by atoms with E-state index in [1.165, 1.54) is 7.11 Å². The first-order chi connectivity index (χ1) is 9.07. The second kappa shape index (κ2) is 6.12. The van der Waals surface area contributed by atoms with Crippen molar-refractivity contribution in [2.24, 2.45) is 5.41 Å². The molecule has 0 saturated carbocycles. The number of likely N-dealkylation sites (tertiary alicyclic amines) is 1. The number of ether oxygens (including phenoxy) is 2. The molecule has 0 bridgehead atoms. The van der Waals surface area contributed by atoms with E-state index < -0.39 is 11.0 Å². The van der Waals surface area contributed by atoms with Gasteiger partial charge < -0.3 is 9.47 Å². The summed E-state index contributed by atoms with van der Waals surface area (Å²) in [5.74, 6) is -0.456. The molecule has 0 N–H and O–H groups in total. The summed E-state index contributed by atoms with van der Waals surface area (Å²) < 4.78 is 10.3. The molecule has 0 aliphatic carbocycles. The molecule has 0 aromatic carbocycles. The third kappa shape index (κ3) is 4.47. The van der Waals surface area contributed by atoms with Crippen LogP contribution in [0.5, 0.6) is 0 Å². The zero-order valence-electron chi connectivity index (χ0n) is 13.5. The summed E-state index contributed by atoms with van der Waals surface area (Å²) in [6.45, 7) is 10.6. The minimum Gasteiger partial charge on any atom is -0.469 e. The van der Waals surface area contributed by atoms with Crippen LogP contribution < -0.4 is 0 Å². The van der Waals surface area contributed by atoms with Crippen LogP contribution in [0.1, 0.15) is 47.5 Å². The molecule has 5 heteroatoms. The zero-order valence-corrected chi connectivity index (χ0v) is 13.5. The summed E-state index contributed by atoms with van der Waals surface area (Å²) in [5, 5.41) is 0. The summed E-state index contributed by atoms with van der Waals surface area (Å²) >= 11 is 0. The van der Waals surface area contributed by atoms with Crippen molar-refractivity contribution in [1.29, 1.82) is 0 Å². The van der Waals surface area contributed by atoms with Gasteiger partial charge in [-0.05, 0) is 54.0 Å². The fraction of sp³-hybridized carbons (Fsp3) is 0.867. The minimum absolute atomic E-state index is 0.198. The van der Waals surface area contributed by atoms with Crippen molar-refractivity contribution in [2.45, 2.75) is 59.1 Å². The molecule has 0 unspecified atom stereocenters. The van der Waals surface area contributed by atoms with Crippen LogP contribution in [-0.4, -0.2) is 48.7 Å². The van der Waals surface area contributed by atoms with Crippen LogP contribution in [0.2, 0.25) is 0 Å². The molecule has 0 aromatic heterocycles. The smallest absolute Gasteiger partial charge is 0.323 e. The molecule has 0 amide bonds. The van der Waals surface area contributed by atoms with E-state index in [1.807, 2.05) is 39.5 Å². The van der Waals surface area contributed by atoms with Crippen molar-refractivity contribution in [3.8, 4) is 0 Å². The Labute approximate surface area is 121 Å². The molecule has 1 heterocycles. The molecule has 1 aliphatic rings. The summed E-state index contributed by atoms with van der Waals surface area (Å²) in [6, 6.07) is -0.252. The van der Waals surface area contributed by atoms with Gasteiger partial charge in [-0.15, -0.1) is 0 Å². The third-order valence-electron chi connectivity index (χ3n) is 3.38. The third-order valence-corrected chi connectivity index (χ3v) is 3.38. The highest BCUT2D eigenvalue weighted by atomic mass is 16.6. The lowest BCUT2D eigenvalue weighted by atomic mass is 9.92. The van der Waals surface area contributed by atoms with Crippen LogP contribution in [-0.2, 0) is 19.1 Å². The van der Waals surface area contributed by atoms with Crippen LogP contribution in [0.3, 0.4) is 0 Å². The summed E-state index contributed by atoms with van der Waals surface area (Å²) in [5.41, 5.74) is -1.11. The molecule has 1 atom stereocenters. The number of carbonyl (C=O) groups is 2. The average Bonchev–Trinajstić information content (AvgIpc) is 2.72. The lowest BCUT2D eigenvalue weighted by Gasteiger charge is -2.32. The maximum atomic E-state index is 12.2. The first-order valence-electron chi connectivity index (χ1n) is 7.12. The van der Waals surface area contributed by atoms with Gasteiger partial charge in [-0.3, -0.25) is 14.5 Å². The molecule has 1 rings (SSSR count). The molecule has 20 heavy (non-hydrogen) atoms. The number of carbonyl (C=O) groups excluding carboxylic acids is 2. The topological polar surface area (TPSA) is 55.8 Å². The number of hydrogen-bond acceptors (Lipinski definition) is 5. The highest BCUT2D eigenvalue weighted by molar-refractivity contribution is 5.78. The standard InChI is InChI=1S/C15H27NO4/c1-14(2,3)20-12(17)11-8-7-9-16(11)10-15(4,5)13(18)19-6/h11H,7-10H2,1-6H3/t11-/m1/s1. The first kappa shape index (κ1) is 17.0. The number of hydrogen-bond donors (Lipinski definition) is 0. The van der Waals surface area contributed by atoms with Crippen LogP contribution >= 0.6 is 0 Å². The Morgan fingerprint density at radius 2 is 1.80 bits per heavy atom. The average molecular weight is 285 g/mol. The van der Waals surface area contributed by atoms with Crippen LogP contribution in [0.15, 0.2) is 0 Å². The highest BCUT2D eigenvalue weighted by Gasteiger charge is 2.39. The molecule has 1 aliphatic heterocycles. The summed E-state index contributed by atoms with van der Waals surface area (Å²) in [6.07, 6.45) is 1.73. The molecular formula is C15H27NO4. The maximum Gasteiger partial charge on any atom is 0.323 e. The molecule has 0 radical (unpaired) electrons. The Morgan fingerprint density at radius 3 is 2.30 bits per heavy atom. The van der Waals surface area contributed by atoms with Crippen LogP contribution in [0.25, 0.3) is 0 Å². The second-order valence-electron chi connectivity index (χ2n) is 7.04. The second-order valence-corrected chi connectivity index (χ2v) is 7.04. The lowest BCUT2D eigenvalue weighted by molar-refractivity contribution is -0.162. The Kier molecular flexibility index (Phi) is 5.19. The van der Waals surface area contributed by atoms with Crippen LogP contribution in [0.4, 0.5) is 0 Å². The molecule has 1 fully saturated rings. The van der Waals surface area contributed by atoms with Gasteiger partial charge >= 0.3 is 11.9 Å². The predicted molar refractivity (Wildman–Crippen MR) is 76.2 cm³/mol. The van der Waals surface area contributed by atoms with Crippen molar-refractivity contribution in [2.75, 3.05) is 20.2 Å². The van der Waals surface area contributed by atoms with E-state index in [1.54, 1.807) is 0 Å². The van der Waals surface area contributed by atoms with E-state index >= 15 is 0 Å². The van der Waals surface area contributed by atoms with E-state index in [-0.39, 0.29) is 18.0 Å². The van der Waals surface area contributed by atoms with Gasteiger partial charge in [0.15, 0.2) is 0 Å². The molecule has 116 valence electrons. The number of methoxy groups -OCH3 is 1. The van der Waals surface area contributed by atoms with Crippen molar-refractivity contribution >= 4 is 11.9 Å². The molecular weight excluding hydrogens is 258 g/mol. The van der Waals surface area contributed by atoms with Gasteiger partial charge in [0.1, 0.15) is 11.6 Å². The van der Waals surface area contributed by atoms with Crippen molar-refractivity contribution < 1.29 is 19.1 Å². The highest BCUT2D eigenvalue weighted by Crippen LogP contribution is 2.27. The molecule has 0 aromatic rings. The van der Waals surface area contributed by atoms with Crippen molar-refractivity contribution in [1.82, 2.24) is 4.90 Å². The van der Waals surface area contributed by atoms with Gasteiger partial charge in [0.2, 0.25) is 0 Å². The van der Waals surface area contributed by atoms with Gasteiger partial charge in [-0.2, -0.15) is 0 Å². The number of nitrogens with zero attached hydrogens (tertiary/aromatic N) is 1. The number of rotatable bonds is 4. The molecule has 5 nitrogen and oxygen atoms in total. The molecule has 1 saturated heterocycles. The quantitative estimate of drug-likeness (QED) is 0.739. The van der Waals surface area contributed by atoms with E-state index in [2.05, 4.69) is 0 Å². The Balaban J connectivity index is 2.70. The molecule has 0 spiro atoms. The summed E-state index contributed by atoms with van der Waals surface area (Å²) in [7, 11) is 1.39.